The molecule has 0 aliphatic carbocycles. The van der Waals surface area contributed by atoms with Crippen LogP contribution >= 0.6 is 23.4 Å². The lowest BCUT2D eigenvalue weighted by Gasteiger charge is -2.01. The molecule has 1 heterocycles. The second-order valence-electron chi connectivity index (χ2n) is 3.19. The van der Waals surface area contributed by atoms with E-state index in [0.717, 1.165) is 0 Å². The Morgan fingerprint density at radius 2 is 2.24 bits per heavy atom. The normalized spacial score (nSPS) is 10.8. The van der Waals surface area contributed by atoms with E-state index < -0.39 is 0 Å². The molecule has 0 saturated heterocycles. The molecule has 7 heteroatoms. The molecule has 0 aliphatic heterocycles. The number of nitrogens with two attached hydrogens (primary N) is 1. The van der Waals surface area contributed by atoms with Crippen LogP contribution in [0.25, 0.3) is 0 Å². The van der Waals surface area contributed by atoms with Crippen molar-refractivity contribution in [2.24, 2.45) is 5.73 Å². The largest absolute Gasteiger partial charge is 0.415 e. The molecule has 2 N–H and O–H groups in total. The number of benzene rings is 1. The highest BCUT2D eigenvalue weighted by Crippen LogP contribution is 2.26. The topological polar surface area (TPSA) is 64.9 Å². The molecule has 0 amide bonds. The Morgan fingerprint density at radius 3 is 2.94 bits per heavy atom. The van der Waals surface area contributed by atoms with Gasteiger partial charge in [0.1, 0.15) is 5.82 Å². The Balaban J connectivity index is 2.04. The summed E-state index contributed by atoms with van der Waals surface area (Å²) in [7, 11) is 0. The summed E-state index contributed by atoms with van der Waals surface area (Å²) in [6, 6.07) is 4.22. The molecule has 0 atom stereocenters. The molecular formula is C10H9ClFN3OS. The number of hydrogen-bond acceptors (Lipinski definition) is 5. The Kier molecular flexibility index (Phi) is 3.98. The van der Waals surface area contributed by atoms with Gasteiger partial charge in [-0.3, -0.25) is 0 Å². The highest BCUT2D eigenvalue weighted by molar-refractivity contribution is 7.98. The predicted molar refractivity (Wildman–Crippen MR) is 63.2 cm³/mol. The van der Waals surface area contributed by atoms with Gasteiger partial charge in [0.25, 0.3) is 5.22 Å². The molecule has 0 bridgehead atoms. The van der Waals surface area contributed by atoms with Crippen molar-refractivity contribution in [3.05, 3.63) is 40.5 Å². The number of thioether (sulfide) groups is 1. The van der Waals surface area contributed by atoms with E-state index in [9.17, 15) is 4.39 Å². The monoisotopic (exact) mass is 273 g/mol. The molecule has 0 unspecified atom stereocenters. The summed E-state index contributed by atoms with van der Waals surface area (Å²) in [6.45, 7) is 0.203. The molecule has 0 aliphatic rings. The summed E-state index contributed by atoms with van der Waals surface area (Å²) in [5.74, 6) is 0.513. The van der Waals surface area contributed by atoms with Gasteiger partial charge in [0.15, 0.2) is 0 Å². The van der Waals surface area contributed by atoms with Gasteiger partial charge in [0, 0.05) is 10.8 Å². The maximum Gasteiger partial charge on any atom is 0.276 e. The fraction of sp³-hybridized carbons (Fsp3) is 0.200. The van der Waals surface area contributed by atoms with E-state index in [2.05, 4.69) is 10.2 Å². The molecule has 1 aromatic carbocycles. The lowest BCUT2D eigenvalue weighted by molar-refractivity contribution is 0.415. The van der Waals surface area contributed by atoms with Crippen LogP contribution in [0.4, 0.5) is 4.39 Å². The van der Waals surface area contributed by atoms with Gasteiger partial charge in [-0.2, -0.15) is 0 Å². The smallest absolute Gasteiger partial charge is 0.276 e. The summed E-state index contributed by atoms with van der Waals surface area (Å²) in [5.41, 5.74) is 6.02. The van der Waals surface area contributed by atoms with E-state index in [1.807, 2.05) is 0 Å². The molecule has 90 valence electrons. The van der Waals surface area contributed by atoms with Gasteiger partial charge in [0.05, 0.1) is 6.54 Å². The maximum absolute atomic E-state index is 13.0. The average molecular weight is 274 g/mol. The van der Waals surface area contributed by atoms with Crippen LogP contribution in [0.3, 0.4) is 0 Å². The molecule has 4 nitrogen and oxygen atoms in total. The highest BCUT2D eigenvalue weighted by atomic mass is 35.5. The first-order chi connectivity index (χ1) is 8.19. The zero-order chi connectivity index (χ0) is 12.3. The highest BCUT2D eigenvalue weighted by Gasteiger charge is 2.08. The number of aromatic nitrogens is 2. The van der Waals surface area contributed by atoms with Crippen LogP contribution in [0.1, 0.15) is 11.5 Å². The lowest BCUT2D eigenvalue weighted by Crippen LogP contribution is -1.95. The molecule has 17 heavy (non-hydrogen) atoms. The standard InChI is InChI=1S/C10H9ClFN3OS/c11-8-2-1-7(12)3-6(8)5-17-10-15-14-9(4-13)16-10/h1-3H,4-5,13H2. The fourth-order valence-electron chi connectivity index (χ4n) is 1.17. The zero-order valence-corrected chi connectivity index (χ0v) is 10.3. The van der Waals surface area contributed by atoms with Gasteiger partial charge in [-0.25, -0.2) is 4.39 Å². The third-order valence-electron chi connectivity index (χ3n) is 1.98. The SMILES string of the molecule is NCc1nnc(SCc2cc(F)ccc2Cl)o1. The van der Waals surface area contributed by atoms with Crippen molar-refractivity contribution in [3.63, 3.8) is 0 Å². The van der Waals surface area contributed by atoms with E-state index >= 15 is 0 Å². The molecule has 0 fully saturated rings. The first-order valence-electron chi connectivity index (χ1n) is 4.78. The average Bonchev–Trinajstić information content (AvgIpc) is 2.78. The fourth-order valence-corrected chi connectivity index (χ4v) is 2.21. The van der Waals surface area contributed by atoms with Crippen LogP contribution in [-0.2, 0) is 12.3 Å². The van der Waals surface area contributed by atoms with Crippen LogP contribution < -0.4 is 5.73 Å². The van der Waals surface area contributed by atoms with Crippen LogP contribution in [0.2, 0.25) is 5.02 Å². The molecule has 0 spiro atoms. The first kappa shape index (κ1) is 12.3. The van der Waals surface area contributed by atoms with Gasteiger partial charge in [-0.1, -0.05) is 23.4 Å². The van der Waals surface area contributed by atoms with Gasteiger partial charge < -0.3 is 10.2 Å². The summed E-state index contributed by atoms with van der Waals surface area (Å²) in [4.78, 5) is 0. The minimum Gasteiger partial charge on any atom is -0.415 e. The molecule has 0 saturated carbocycles. The van der Waals surface area contributed by atoms with E-state index in [-0.39, 0.29) is 12.4 Å². The van der Waals surface area contributed by atoms with Gasteiger partial charge >= 0.3 is 0 Å². The number of halogens is 2. The second-order valence-corrected chi connectivity index (χ2v) is 4.52. The van der Waals surface area contributed by atoms with E-state index in [0.29, 0.717) is 27.5 Å². The molecule has 1 aromatic heterocycles. The van der Waals surface area contributed by atoms with E-state index in [4.69, 9.17) is 21.8 Å². The Morgan fingerprint density at radius 1 is 1.41 bits per heavy atom. The quantitative estimate of drug-likeness (QED) is 0.868. The molecular weight excluding hydrogens is 265 g/mol. The number of hydrogen-bond donors (Lipinski definition) is 1. The van der Waals surface area contributed by atoms with Crippen LogP contribution in [0.5, 0.6) is 0 Å². The Bertz CT molecular complexity index is 520. The van der Waals surface area contributed by atoms with Crippen molar-refractivity contribution in [2.45, 2.75) is 17.5 Å². The summed E-state index contributed by atoms with van der Waals surface area (Å²) >= 11 is 7.21. The van der Waals surface area contributed by atoms with E-state index in [1.165, 1.54) is 30.0 Å². The second kappa shape index (κ2) is 5.48. The van der Waals surface area contributed by atoms with Crippen LogP contribution in [-0.4, -0.2) is 10.2 Å². The first-order valence-corrected chi connectivity index (χ1v) is 6.14. The van der Waals surface area contributed by atoms with E-state index in [1.54, 1.807) is 0 Å². The molecule has 2 rings (SSSR count). The third-order valence-corrected chi connectivity index (χ3v) is 3.22. The third kappa shape index (κ3) is 3.18. The molecule has 0 radical (unpaired) electrons. The van der Waals surface area contributed by atoms with Crippen LogP contribution in [0.15, 0.2) is 27.8 Å². The summed E-state index contributed by atoms with van der Waals surface area (Å²) < 4.78 is 18.2. The Hall–Kier alpha value is -1.11. The number of nitrogens with zero attached hydrogens (tertiary/aromatic N) is 2. The minimum absolute atomic E-state index is 0.203. The summed E-state index contributed by atoms with van der Waals surface area (Å²) in [6.07, 6.45) is 0. The lowest BCUT2D eigenvalue weighted by atomic mass is 10.2. The molecule has 2 aromatic rings. The van der Waals surface area contributed by atoms with Gasteiger partial charge in [-0.05, 0) is 23.8 Å². The summed E-state index contributed by atoms with van der Waals surface area (Å²) in [5, 5.41) is 8.41. The van der Waals surface area contributed by atoms with Gasteiger partial charge in [-0.15, -0.1) is 10.2 Å². The van der Waals surface area contributed by atoms with Crippen molar-refractivity contribution < 1.29 is 8.81 Å². The van der Waals surface area contributed by atoms with Gasteiger partial charge in [0.2, 0.25) is 5.89 Å². The van der Waals surface area contributed by atoms with Crippen LogP contribution in [0, 0.1) is 5.82 Å². The Labute approximate surface area is 106 Å². The van der Waals surface area contributed by atoms with Crippen molar-refractivity contribution >= 4 is 23.4 Å². The van der Waals surface area contributed by atoms with Crippen molar-refractivity contribution in [2.75, 3.05) is 0 Å². The predicted octanol–water partition coefficient (Wildman–Crippen LogP) is 2.61. The number of rotatable bonds is 4. The maximum atomic E-state index is 13.0. The zero-order valence-electron chi connectivity index (χ0n) is 8.69. The minimum atomic E-state index is -0.321. The van der Waals surface area contributed by atoms with Crippen molar-refractivity contribution in [1.29, 1.82) is 0 Å². The van der Waals surface area contributed by atoms with Crippen molar-refractivity contribution in [3.8, 4) is 0 Å². The van der Waals surface area contributed by atoms with Crippen molar-refractivity contribution in [1.82, 2.24) is 10.2 Å².